The number of hydrogen-bond donors (Lipinski definition) is 0. The lowest BCUT2D eigenvalue weighted by molar-refractivity contribution is -0.129. The van der Waals surface area contributed by atoms with Crippen LogP contribution in [-0.2, 0) is 11.2 Å². The Bertz CT molecular complexity index is 722. The minimum absolute atomic E-state index is 0.231. The maximum absolute atomic E-state index is 11.9. The monoisotopic (exact) mass is 418 g/mol. The third-order valence-corrected chi connectivity index (χ3v) is 5.44. The highest BCUT2D eigenvalue weighted by atomic mass is 35.5. The van der Waals surface area contributed by atoms with E-state index in [-0.39, 0.29) is 5.91 Å². The number of alkyl halides is 2. The molecule has 2 heterocycles. The summed E-state index contributed by atoms with van der Waals surface area (Å²) in [6, 6.07) is 7.69. The lowest BCUT2D eigenvalue weighted by atomic mass is 10.1. The Morgan fingerprint density at radius 1 is 1.16 bits per heavy atom. The van der Waals surface area contributed by atoms with E-state index >= 15 is 0 Å². The van der Waals surface area contributed by atoms with Gasteiger partial charge in [0, 0.05) is 49.2 Å². The van der Waals surface area contributed by atoms with E-state index in [1.54, 1.807) is 4.90 Å². The SMILES string of the molecule is O=C(C(Cl)Cl)N1CCCN(c2nc(Cc3ccc(Cl)cc3)ns2)CC1. The third kappa shape index (κ3) is 4.97. The van der Waals surface area contributed by atoms with E-state index in [1.807, 2.05) is 24.3 Å². The summed E-state index contributed by atoms with van der Waals surface area (Å²) in [6.07, 6.45) is 1.52. The predicted molar refractivity (Wildman–Crippen MR) is 103 cm³/mol. The molecular formula is C16H17Cl3N4OS. The molecule has 0 spiro atoms. The van der Waals surface area contributed by atoms with Crippen molar-refractivity contribution in [1.82, 2.24) is 14.3 Å². The van der Waals surface area contributed by atoms with Gasteiger partial charge >= 0.3 is 0 Å². The second-order valence-electron chi connectivity index (χ2n) is 5.76. The van der Waals surface area contributed by atoms with Crippen LogP contribution in [0.2, 0.25) is 5.02 Å². The number of amides is 1. The van der Waals surface area contributed by atoms with Gasteiger partial charge in [0.25, 0.3) is 5.91 Å². The molecule has 9 heteroatoms. The van der Waals surface area contributed by atoms with Crippen molar-refractivity contribution in [3.8, 4) is 0 Å². The first-order valence-electron chi connectivity index (χ1n) is 7.92. The number of aromatic nitrogens is 2. The fourth-order valence-electron chi connectivity index (χ4n) is 2.70. The zero-order valence-corrected chi connectivity index (χ0v) is 16.5. The Balaban J connectivity index is 1.62. The molecule has 134 valence electrons. The van der Waals surface area contributed by atoms with Crippen molar-refractivity contribution in [1.29, 1.82) is 0 Å². The lowest BCUT2D eigenvalue weighted by Crippen LogP contribution is -2.38. The van der Waals surface area contributed by atoms with Crippen LogP contribution in [0.15, 0.2) is 24.3 Å². The summed E-state index contributed by atoms with van der Waals surface area (Å²) >= 11 is 18.7. The summed E-state index contributed by atoms with van der Waals surface area (Å²) in [5.41, 5.74) is 1.12. The second-order valence-corrected chi connectivity index (χ2v) is 8.03. The summed E-state index contributed by atoms with van der Waals surface area (Å²) < 4.78 is 4.46. The van der Waals surface area contributed by atoms with E-state index in [1.165, 1.54) is 11.5 Å². The van der Waals surface area contributed by atoms with E-state index in [4.69, 9.17) is 34.8 Å². The van der Waals surface area contributed by atoms with Gasteiger partial charge in [-0.3, -0.25) is 4.79 Å². The van der Waals surface area contributed by atoms with Crippen molar-refractivity contribution in [3.63, 3.8) is 0 Å². The molecule has 0 radical (unpaired) electrons. The molecule has 1 aliphatic rings. The Morgan fingerprint density at radius 3 is 2.64 bits per heavy atom. The van der Waals surface area contributed by atoms with Crippen molar-refractivity contribution in [3.05, 3.63) is 40.7 Å². The Labute approximate surface area is 165 Å². The van der Waals surface area contributed by atoms with Gasteiger partial charge in [0.15, 0.2) is 4.84 Å². The van der Waals surface area contributed by atoms with Gasteiger partial charge in [-0.15, -0.1) is 0 Å². The highest BCUT2D eigenvalue weighted by Gasteiger charge is 2.24. The summed E-state index contributed by atoms with van der Waals surface area (Å²) in [5.74, 6) is 0.562. The van der Waals surface area contributed by atoms with Gasteiger partial charge in [0.1, 0.15) is 5.82 Å². The Kier molecular flexibility index (Phi) is 6.39. The molecule has 5 nitrogen and oxygen atoms in total. The number of benzene rings is 1. The van der Waals surface area contributed by atoms with Crippen molar-refractivity contribution < 1.29 is 4.79 Å². The van der Waals surface area contributed by atoms with E-state index in [9.17, 15) is 4.79 Å². The van der Waals surface area contributed by atoms with Crippen LogP contribution < -0.4 is 4.90 Å². The van der Waals surface area contributed by atoms with Crippen LogP contribution in [0.1, 0.15) is 17.8 Å². The molecule has 0 N–H and O–H groups in total. The molecule has 1 saturated heterocycles. The van der Waals surface area contributed by atoms with E-state index in [2.05, 4.69) is 14.3 Å². The summed E-state index contributed by atoms with van der Waals surface area (Å²) in [6.45, 7) is 2.76. The molecule has 0 saturated carbocycles. The predicted octanol–water partition coefficient (Wildman–Crippen LogP) is 3.62. The molecule has 1 aromatic heterocycles. The van der Waals surface area contributed by atoms with Gasteiger partial charge in [0.05, 0.1) is 0 Å². The van der Waals surface area contributed by atoms with Gasteiger partial charge < -0.3 is 9.80 Å². The summed E-state index contributed by atoms with van der Waals surface area (Å²) in [7, 11) is 0. The minimum atomic E-state index is -1.00. The van der Waals surface area contributed by atoms with Gasteiger partial charge in [-0.2, -0.15) is 4.37 Å². The number of carbonyl (C=O) groups excluding carboxylic acids is 1. The number of anilines is 1. The first-order valence-corrected chi connectivity index (χ1v) is 9.94. The Hall–Kier alpha value is -1.08. The standard InChI is InChI=1S/C16H17Cl3N4OS/c17-12-4-2-11(3-5-12)10-13-20-16(25-21-13)23-7-1-6-22(8-9-23)15(24)14(18)19/h2-5,14H,1,6-10H2. The van der Waals surface area contributed by atoms with Crippen molar-refractivity contribution >= 4 is 57.4 Å². The smallest absolute Gasteiger partial charge is 0.255 e. The van der Waals surface area contributed by atoms with Crippen LogP contribution in [0.25, 0.3) is 0 Å². The molecule has 0 aliphatic carbocycles. The van der Waals surface area contributed by atoms with Crippen LogP contribution in [0.4, 0.5) is 5.13 Å². The van der Waals surface area contributed by atoms with Crippen molar-refractivity contribution in [2.45, 2.75) is 17.7 Å². The molecule has 25 heavy (non-hydrogen) atoms. The molecule has 0 unspecified atom stereocenters. The van der Waals surface area contributed by atoms with Gasteiger partial charge in [0.2, 0.25) is 5.13 Å². The molecule has 2 aromatic rings. The third-order valence-electron chi connectivity index (χ3n) is 4.00. The first kappa shape index (κ1) is 18.7. The normalized spacial score (nSPS) is 15.5. The Morgan fingerprint density at radius 2 is 1.92 bits per heavy atom. The number of nitrogens with zero attached hydrogens (tertiary/aromatic N) is 4. The van der Waals surface area contributed by atoms with Gasteiger partial charge in [-0.25, -0.2) is 4.98 Å². The van der Waals surface area contributed by atoms with E-state index < -0.39 is 4.84 Å². The zero-order chi connectivity index (χ0) is 17.8. The van der Waals surface area contributed by atoms with Gasteiger partial charge in [-0.05, 0) is 24.1 Å². The number of carbonyl (C=O) groups is 1. The largest absolute Gasteiger partial charge is 0.345 e. The molecule has 3 rings (SSSR count). The van der Waals surface area contributed by atoms with Crippen molar-refractivity contribution in [2.24, 2.45) is 0 Å². The average molecular weight is 420 g/mol. The first-order chi connectivity index (χ1) is 12.0. The maximum atomic E-state index is 11.9. The van der Waals surface area contributed by atoms with E-state index in [0.29, 0.717) is 26.1 Å². The zero-order valence-electron chi connectivity index (χ0n) is 13.4. The average Bonchev–Trinajstić information content (AvgIpc) is 2.91. The topological polar surface area (TPSA) is 49.3 Å². The van der Waals surface area contributed by atoms with Crippen LogP contribution >= 0.6 is 46.3 Å². The van der Waals surface area contributed by atoms with Crippen LogP contribution in [-0.4, -0.2) is 51.2 Å². The molecule has 1 fully saturated rings. The van der Waals surface area contributed by atoms with Gasteiger partial charge in [-0.1, -0.05) is 46.9 Å². The van der Waals surface area contributed by atoms with Crippen LogP contribution in [0.3, 0.4) is 0 Å². The summed E-state index contributed by atoms with van der Waals surface area (Å²) in [5, 5.41) is 1.60. The van der Waals surface area contributed by atoms with Crippen molar-refractivity contribution in [2.75, 3.05) is 31.1 Å². The molecule has 0 atom stereocenters. The summed E-state index contributed by atoms with van der Waals surface area (Å²) in [4.78, 5) is 19.4. The maximum Gasteiger partial charge on any atom is 0.255 e. The highest BCUT2D eigenvalue weighted by molar-refractivity contribution is 7.09. The molecule has 1 aliphatic heterocycles. The number of hydrogen-bond acceptors (Lipinski definition) is 5. The fourth-order valence-corrected chi connectivity index (χ4v) is 3.84. The molecule has 1 amide bonds. The van der Waals surface area contributed by atoms with Crippen LogP contribution in [0.5, 0.6) is 0 Å². The quantitative estimate of drug-likeness (QED) is 0.710. The molecule has 0 bridgehead atoms. The fraction of sp³-hybridized carbons (Fsp3) is 0.438. The highest BCUT2D eigenvalue weighted by Crippen LogP contribution is 2.21. The lowest BCUT2D eigenvalue weighted by Gasteiger charge is -2.21. The molecule has 1 aromatic carbocycles. The second kappa shape index (κ2) is 8.54. The van der Waals surface area contributed by atoms with Crippen LogP contribution in [0, 0.1) is 0 Å². The minimum Gasteiger partial charge on any atom is -0.345 e. The van der Waals surface area contributed by atoms with E-state index in [0.717, 1.165) is 34.5 Å². The number of rotatable bonds is 4. The number of halogens is 3. The molecular weight excluding hydrogens is 403 g/mol.